The molecule has 3 aromatic rings. The molecule has 146 valence electrons. The van der Waals surface area contributed by atoms with E-state index in [1.54, 1.807) is 0 Å². The molecule has 2 aromatic heterocycles. The summed E-state index contributed by atoms with van der Waals surface area (Å²) < 4.78 is 7.23. The summed E-state index contributed by atoms with van der Waals surface area (Å²) in [5, 5.41) is 4.64. The number of rotatable bonds is 6. The highest BCUT2D eigenvalue weighted by atomic mass is 16.5. The van der Waals surface area contributed by atoms with Gasteiger partial charge in [0.25, 0.3) is 0 Å². The van der Waals surface area contributed by atoms with Crippen LogP contribution in [0.15, 0.2) is 36.5 Å². The van der Waals surface area contributed by atoms with E-state index in [4.69, 9.17) is 4.74 Å². The number of aryl methyl sites for hydroxylation is 1. The predicted molar refractivity (Wildman–Crippen MR) is 105 cm³/mol. The van der Waals surface area contributed by atoms with Crippen molar-refractivity contribution in [1.82, 2.24) is 24.6 Å². The van der Waals surface area contributed by atoms with Crippen LogP contribution in [0.4, 0.5) is 0 Å². The maximum Gasteiger partial charge on any atom is 0.359 e. The summed E-state index contributed by atoms with van der Waals surface area (Å²) in [6, 6.07) is 10.2. The van der Waals surface area contributed by atoms with E-state index in [9.17, 15) is 4.79 Å². The number of aromatic nitrogens is 4. The zero-order chi connectivity index (χ0) is 19.5. The molecule has 7 heteroatoms. The van der Waals surface area contributed by atoms with E-state index in [-0.39, 0.29) is 5.97 Å². The summed E-state index contributed by atoms with van der Waals surface area (Å²) in [6.45, 7) is 7.09. The number of nitrogens with one attached hydrogen (secondary N) is 1. The number of benzene rings is 1. The average molecular weight is 379 g/mol. The van der Waals surface area contributed by atoms with Crippen molar-refractivity contribution in [2.24, 2.45) is 0 Å². The van der Waals surface area contributed by atoms with Crippen LogP contribution in [-0.2, 0) is 30.8 Å². The van der Waals surface area contributed by atoms with Crippen LogP contribution >= 0.6 is 0 Å². The van der Waals surface area contributed by atoms with Crippen LogP contribution in [0.2, 0.25) is 0 Å². The standard InChI is InChI=1S/C21H25N5O2/c1-3-28-21(27)20-17-13-25(14-19-22-11-15(2)23-19)10-9-18(17)26(24-20)12-16-7-5-4-6-8-16/h4-8,11H,3,9-10,12-14H2,1-2H3,(H,22,23). The Morgan fingerprint density at radius 2 is 2.07 bits per heavy atom. The fourth-order valence-electron chi connectivity index (χ4n) is 3.69. The third-order valence-electron chi connectivity index (χ3n) is 4.99. The van der Waals surface area contributed by atoms with Crippen molar-refractivity contribution >= 4 is 5.97 Å². The Hall–Kier alpha value is -2.93. The third-order valence-corrected chi connectivity index (χ3v) is 4.99. The van der Waals surface area contributed by atoms with Gasteiger partial charge in [-0.05, 0) is 19.4 Å². The van der Waals surface area contributed by atoms with Gasteiger partial charge >= 0.3 is 5.97 Å². The predicted octanol–water partition coefficient (Wildman–Crippen LogP) is 2.70. The normalized spacial score (nSPS) is 14.1. The third kappa shape index (κ3) is 3.84. The highest BCUT2D eigenvalue weighted by molar-refractivity contribution is 5.89. The van der Waals surface area contributed by atoms with Crippen LogP contribution < -0.4 is 0 Å². The average Bonchev–Trinajstić information content (AvgIpc) is 3.26. The van der Waals surface area contributed by atoms with E-state index in [1.807, 2.05) is 42.9 Å². The van der Waals surface area contributed by atoms with Gasteiger partial charge in [-0.1, -0.05) is 30.3 Å². The number of imidazole rings is 1. The van der Waals surface area contributed by atoms with Crippen molar-refractivity contribution in [3.63, 3.8) is 0 Å². The number of H-pyrrole nitrogens is 1. The first kappa shape index (κ1) is 18.4. The van der Waals surface area contributed by atoms with Crippen molar-refractivity contribution in [2.45, 2.75) is 39.9 Å². The van der Waals surface area contributed by atoms with Crippen molar-refractivity contribution in [3.05, 3.63) is 70.6 Å². The Morgan fingerprint density at radius 1 is 1.25 bits per heavy atom. The first-order chi connectivity index (χ1) is 13.6. The molecule has 0 amide bonds. The van der Waals surface area contributed by atoms with Gasteiger partial charge in [0.1, 0.15) is 5.82 Å². The molecule has 0 fully saturated rings. The zero-order valence-corrected chi connectivity index (χ0v) is 16.3. The summed E-state index contributed by atoms with van der Waals surface area (Å²) >= 11 is 0. The van der Waals surface area contributed by atoms with Crippen LogP contribution in [0.5, 0.6) is 0 Å². The SMILES string of the molecule is CCOC(=O)c1nn(Cc2ccccc2)c2c1CN(Cc1ncc(C)[nH]1)CC2. The number of fused-ring (bicyclic) bond motifs is 1. The lowest BCUT2D eigenvalue weighted by atomic mass is 10.0. The van der Waals surface area contributed by atoms with Crippen molar-refractivity contribution in [1.29, 1.82) is 0 Å². The number of hydrogen-bond acceptors (Lipinski definition) is 5. The maximum absolute atomic E-state index is 12.5. The summed E-state index contributed by atoms with van der Waals surface area (Å²) in [6.07, 6.45) is 2.68. The topological polar surface area (TPSA) is 76.0 Å². The van der Waals surface area contributed by atoms with Crippen LogP contribution in [0.3, 0.4) is 0 Å². The number of esters is 1. The van der Waals surface area contributed by atoms with E-state index in [0.717, 1.165) is 47.8 Å². The number of hydrogen-bond donors (Lipinski definition) is 1. The first-order valence-corrected chi connectivity index (χ1v) is 9.66. The molecule has 0 bridgehead atoms. The molecule has 1 aliphatic rings. The van der Waals surface area contributed by atoms with E-state index in [1.165, 1.54) is 0 Å². The Labute approximate surface area is 164 Å². The summed E-state index contributed by atoms with van der Waals surface area (Å²) in [4.78, 5) is 22.5. The molecule has 28 heavy (non-hydrogen) atoms. The maximum atomic E-state index is 12.5. The van der Waals surface area contributed by atoms with Gasteiger partial charge in [-0.15, -0.1) is 0 Å². The second-order valence-electron chi connectivity index (χ2n) is 7.11. The van der Waals surface area contributed by atoms with Gasteiger partial charge in [0.15, 0.2) is 5.69 Å². The number of carbonyl (C=O) groups excluding carboxylic acids is 1. The molecule has 0 unspecified atom stereocenters. The molecule has 3 heterocycles. The molecule has 0 radical (unpaired) electrons. The lowest BCUT2D eigenvalue weighted by Gasteiger charge is -2.26. The van der Waals surface area contributed by atoms with Crippen molar-refractivity contribution in [2.75, 3.05) is 13.2 Å². The smallest absolute Gasteiger partial charge is 0.359 e. The second-order valence-corrected chi connectivity index (χ2v) is 7.11. The van der Waals surface area contributed by atoms with Crippen LogP contribution in [0, 0.1) is 6.92 Å². The summed E-state index contributed by atoms with van der Waals surface area (Å²) in [5.41, 5.74) is 4.75. The Bertz CT molecular complexity index is 961. The summed E-state index contributed by atoms with van der Waals surface area (Å²) in [5.74, 6) is 0.594. The van der Waals surface area contributed by atoms with E-state index in [2.05, 4.69) is 32.1 Å². The lowest BCUT2D eigenvalue weighted by Crippen LogP contribution is -2.31. The van der Waals surface area contributed by atoms with E-state index >= 15 is 0 Å². The fourth-order valence-corrected chi connectivity index (χ4v) is 3.69. The minimum atomic E-state index is -0.346. The molecule has 7 nitrogen and oxygen atoms in total. The van der Waals surface area contributed by atoms with E-state index in [0.29, 0.717) is 25.4 Å². The quantitative estimate of drug-likeness (QED) is 0.667. The molecule has 0 aliphatic carbocycles. The van der Waals surface area contributed by atoms with Gasteiger partial charge in [0.2, 0.25) is 0 Å². The van der Waals surface area contributed by atoms with Gasteiger partial charge in [0, 0.05) is 42.7 Å². The number of ether oxygens (including phenoxy) is 1. The molecular weight excluding hydrogens is 354 g/mol. The fraction of sp³-hybridized carbons (Fsp3) is 0.381. The highest BCUT2D eigenvalue weighted by Crippen LogP contribution is 2.25. The van der Waals surface area contributed by atoms with Gasteiger partial charge in [-0.25, -0.2) is 9.78 Å². The Balaban J connectivity index is 1.61. The van der Waals surface area contributed by atoms with Crippen LogP contribution in [0.25, 0.3) is 0 Å². The lowest BCUT2D eigenvalue weighted by molar-refractivity contribution is 0.0515. The molecule has 1 aliphatic heterocycles. The highest BCUT2D eigenvalue weighted by Gasteiger charge is 2.29. The minimum Gasteiger partial charge on any atom is -0.461 e. The van der Waals surface area contributed by atoms with Gasteiger partial charge in [-0.2, -0.15) is 5.10 Å². The molecule has 0 saturated heterocycles. The monoisotopic (exact) mass is 379 g/mol. The van der Waals surface area contributed by atoms with Crippen LogP contribution in [-0.4, -0.2) is 43.8 Å². The van der Waals surface area contributed by atoms with Gasteiger partial charge < -0.3 is 9.72 Å². The first-order valence-electron chi connectivity index (χ1n) is 9.66. The van der Waals surface area contributed by atoms with Crippen LogP contribution in [0.1, 0.15) is 45.8 Å². The molecule has 0 saturated carbocycles. The minimum absolute atomic E-state index is 0.342. The Morgan fingerprint density at radius 3 is 2.79 bits per heavy atom. The van der Waals surface area contributed by atoms with Crippen molar-refractivity contribution < 1.29 is 9.53 Å². The Kier molecular flexibility index (Phi) is 5.25. The number of nitrogens with zero attached hydrogens (tertiary/aromatic N) is 4. The number of aromatic amines is 1. The van der Waals surface area contributed by atoms with Gasteiger partial charge in [0.05, 0.1) is 19.7 Å². The second kappa shape index (κ2) is 7.98. The largest absolute Gasteiger partial charge is 0.461 e. The molecule has 0 spiro atoms. The molecule has 4 rings (SSSR count). The van der Waals surface area contributed by atoms with Gasteiger partial charge in [-0.3, -0.25) is 9.58 Å². The molecule has 0 atom stereocenters. The molecule has 1 N–H and O–H groups in total. The summed E-state index contributed by atoms with van der Waals surface area (Å²) in [7, 11) is 0. The van der Waals surface area contributed by atoms with Crippen molar-refractivity contribution in [3.8, 4) is 0 Å². The molecular formula is C21H25N5O2. The zero-order valence-electron chi connectivity index (χ0n) is 16.3. The molecule has 1 aromatic carbocycles. The number of carbonyl (C=O) groups is 1. The van der Waals surface area contributed by atoms with E-state index < -0.39 is 0 Å².